The van der Waals surface area contributed by atoms with E-state index in [0.717, 1.165) is 6.07 Å². The largest absolute Gasteiger partial charge is 0.398 e. The van der Waals surface area contributed by atoms with E-state index in [1.807, 2.05) is 0 Å². The molecule has 0 bridgehead atoms. The van der Waals surface area contributed by atoms with Crippen molar-refractivity contribution in [3.63, 3.8) is 0 Å². The number of aryl methyl sites for hydroxylation is 1. The lowest BCUT2D eigenvalue weighted by molar-refractivity contribution is -0.385. The van der Waals surface area contributed by atoms with E-state index in [0.29, 0.717) is 5.56 Å². The van der Waals surface area contributed by atoms with Gasteiger partial charge in [-0.3, -0.25) is 14.9 Å². The van der Waals surface area contributed by atoms with Crippen LogP contribution in [-0.2, 0) is 0 Å². The molecule has 0 aromatic heterocycles. The molecule has 0 saturated heterocycles. The van der Waals surface area contributed by atoms with Crippen LogP contribution in [0.2, 0.25) is 0 Å². The Kier molecular flexibility index (Phi) is 2.37. The Bertz CT molecular complexity index is 376. The monoisotopic (exact) mass is 195 g/mol. The Morgan fingerprint density at radius 3 is 2.50 bits per heavy atom. The molecule has 0 unspecified atom stereocenters. The Labute approximate surface area is 79.7 Å². The molecular formula is C8H9N3O3. The maximum Gasteiger partial charge on any atom is 0.284 e. The van der Waals surface area contributed by atoms with Gasteiger partial charge in [0.15, 0.2) is 0 Å². The zero-order valence-electron chi connectivity index (χ0n) is 7.48. The highest BCUT2D eigenvalue weighted by Crippen LogP contribution is 2.24. The molecule has 0 atom stereocenters. The summed E-state index contributed by atoms with van der Waals surface area (Å²) in [6, 6.07) is 2.45. The van der Waals surface area contributed by atoms with Crippen LogP contribution in [0.3, 0.4) is 0 Å². The minimum Gasteiger partial charge on any atom is -0.398 e. The molecule has 1 aromatic carbocycles. The molecule has 74 valence electrons. The summed E-state index contributed by atoms with van der Waals surface area (Å²) >= 11 is 0. The second-order valence-corrected chi connectivity index (χ2v) is 2.85. The third-order valence-electron chi connectivity index (χ3n) is 1.85. The van der Waals surface area contributed by atoms with Crippen molar-refractivity contribution in [1.29, 1.82) is 0 Å². The number of nitrogens with two attached hydrogens (primary N) is 2. The van der Waals surface area contributed by atoms with Crippen LogP contribution < -0.4 is 11.5 Å². The fourth-order valence-electron chi connectivity index (χ4n) is 1.06. The zero-order valence-corrected chi connectivity index (χ0v) is 7.48. The summed E-state index contributed by atoms with van der Waals surface area (Å²) in [5, 5.41) is 10.5. The normalized spacial score (nSPS) is 9.79. The van der Waals surface area contributed by atoms with Gasteiger partial charge in [0.05, 0.1) is 4.92 Å². The first-order valence-electron chi connectivity index (χ1n) is 3.77. The Morgan fingerprint density at radius 2 is 2.07 bits per heavy atom. The molecule has 1 amide bonds. The lowest BCUT2D eigenvalue weighted by Crippen LogP contribution is -2.14. The van der Waals surface area contributed by atoms with Crippen LogP contribution in [-0.4, -0.2) is 10.8 Å². The zero-order chi connectivity index (χ0) is 10.9. The van der Waals surface area contributed by atoms with Crippen molar-refractivity contribution in [1.82, 2.24) is 0 Å². The second-order valence-electron chi connectivity index (χ2n) is 2.85. The number of nitrogen functional groups attached to an aromatic ring is 1. The van der Waals surface area contributed by atoms with Crippen molar-refractivity contribution in [2.24, 2.45) is 5.73 Å². The van der Waals surface area contributed by atoms with Gasteiger partial charge in [0.1, 0.15) is 5.56 Å². The van der Waals surface area contributed by atoms with Gasteiger partial charge < -0.3 is 11.5 Å². The molecule has 6 nitrogen and oxygen atoms in total. The van der Waals surface area contributed by atoms with Crippen LogP contribution in [0.1, 0.15) is 15.9 Å². The van der Waals surface area contributed by atoms with Crippen LogP contribution in [0.25, 0.3) is 0 Å². The molecule has 14 heavy (non-hydrogen) atoms. The van der Waals surface area contributed by atoms with E-state index < -0.39 is 10.8 Å². The number of amides is 1. The maximum absolute atomic E-state index is 10.9. The molecule has 6 heteroatoms. The molecule has 0 heterocycles. The first-order chi connectivity index (χ1) is 6.43. The molecule has 1 aromatic rings. The molecule has 0 spiro atoms. The van der Waals surface area contributed by atoms with Gasteiger partial charge in [-0.15, -0.1) is 0 Å². The third kappa shape index (κ3) is 1.63. The standard InChI is InChI=1S/C8H9N3O3/c1-4-2-5(8(10)12)7(11(13)14)3-6(4)9/h2-3H,9H2,1H3,(H2,10,12). The summed E-state index contributed by atoms with van der Waals surface area (Å²) in [5.74, 6) is -0.834. The van der Waals surface area contributed by atoms with Crippen LogP contribution in [0.5, 0.6) is 0 Å². The highest BCUT2D eigenvalue weighted by molar-refractivity contribution is 5.97. The molecule has 4 N–H and O–H groups in total. The van der Waals surface area contributed by atoms with E-state index in [1.54, 1.807) is 6.92 Å². The van der Waals surface area contributed by atoms with Gasteiger partial charge in [-0.05, 0) is 18.6 Å². The second kappa shape index (κ2) is 3.33. The quantitative estimate of drug-likeness (QED) is 0.408. The van der Waals surface area contributed by atoms with Crippen molar-refractivity contribution < 1.29 is 9.72 Å². The summed E-state index contributed by atoms with van der Waals surface area (Å²) < 4.78 is 0. The molecule has 0 aliphatic rings. The third-order valence-corrected chi connectivity index (χ3v) is 1.85. The maximum atomic E-state index is 10.9. The average molecular weight is 195 g/mol. The van der Waals surface area contributed by atoms with Gasteiger partial charge >= 0.3 is 0 Å². The lowest BCUT2D eigenvalue weighted by Gasteiger charge is -2.03. The van der Waals surface area contributed by atoms with Crippen LogP contribution in [0, 0.1) is 17.0 Å². The van der Waals surface area contributed by atoms with Gasteiger partial charge in [-0.25, -0.2) is 0 Å². The lowest BCUT2D eigenvalue weighted by atomic mass is 10.1. The predicted molar refractivity (Wildman–Crippen MR) is 50.8 cm³/mol. The molecule has 0 aliphatic carbocycles. The first-order valence-corrected chi connectivity index (χ1v) is 3.77. The molecule has 0 fully saturated rings. The van der Waals surface area contributed by atoms with E-state index in [4.69, 9.17) is 11.5 Å². The van der Waals surface area contributed by atoms with Crippen molar-refractivity contribution in [3.8, 4) is 0 Å². The van der Waals surface area contributed by atoms with Crippen molar-refractivity contribution >= 4 is 17.3 Å². The number of nitro groups is 1. The Morgan fingerprint density at radius 1 is 1.50 bits per heavy atom. The van der Waals surface area contributed by atoms with E-state index in [1.165, 1.54) is 6.07 Å². The highest BCUT2D eigenvalue weighted by atomic mass is 16.6. The van der Waals surface area contributed by atoms with Gasteiger partial charge in [0, 0.05) is 11.8 Å². The topological polar surface area (TPSA) is 112 Å². The molecule has 0 radical (unpaired) electrons. The van der Waals surface area contributed by atoms with E-state index in [2.05, 4.69) is 0 Å². The number of carbonyl (C=O) groups is 1. The van der Waals surface area contributed by atoms with Gasteiger partial charge in [-0.2, -0.15) is 0 Å². The summed E-state index contributed by atoms with van der Waals surface area (Å²) in [7, 11) is 0. The first kappa shape index (κ1) is 9.97. The number of nitrogens with zero attached hydrogens (tertiary/aromatic N) is 1. The Hall–Kier alpha value is -2.11. The van der Waals surface area contributed by atoms with Crippen molar-refractivity contribution in [2.75, 3.05) is 5.73 Å². The summed E-state index contributed by atoms with van der Waals surface area (Å²) in [4.78, 5) is 20.7. The van der Waals surface area contributed by atoms with E-state index in [9.17, 15) is 14.9 Å². The molecule has 0 aliphatic heterocycles. The van der Waals surface area contributed by atoms with Gasteiger partial charge in [0.2, 0.25) is 0 Å². The molecule has 0 saturated carbocycles. The van der Waals surface area contributed by atoms with Crippen molar-refractivity contribution in [3.05, 3.63) is 33.4 Å². The van der Waals surface area contributed by atoms with Crippen molar-refractivity contribution in [2.45, 2.75) is 6.92 Å². The van der Waals surface area contributed by atoms with Crippen LogP contribution in [0.15, 0.2) is 12.1 Å². The SMILES string of the molecule is Cc1cc(C(N)=O)c([N+](=O)[O-])cc1N. The minimum atomic E-state index is -0.834. The van der Waals surface area contributed by atoms with Gasteiger partial charge in [-0.1, -0.05) is 0 Å². The number of benzene rings is 1. The fourth-order valence-corrected chi connectivity index (χ4v) is 1.06. The number of anilines is 1. The minimum absolute atomic E-state index is 0.123. The number of nitro benzene ring substituents is 1. The summed E-state index contributed by atoms with van der Waals surface area (Å²) in [6.45, 7) is 1.64. The Balaban J connectivity index is 3.46. The number of primary amides is 1. The number of carbonyl (C=O) groups excluding carboxylic acids is 1. The van der Waals surface area contributed by atoms with Crippen LogP contribution >= 0.6 is 0 Å². The molecular weight excluding hydrogens is 186 g/mol. The highest BCUT2D eigenvalue weighted by Gasteiger charge is 2.19. The number of rotatable bonds is 2. The summed E-state index contributed by atoms with van der Waals surface area (Å²) in [5.41, 5.74) is 10.8. The van der Waals surface area contributed by atoms with Crippen LogP contribution in [0.4, 0.5) is 11.4 Å². The molecule has 1 rings (SSSR count). The smallest absolute Gasteiger partial charge is 0.284 e. The summed E-state index contributed by atoms with van der Waals surface area (Å²) in [6.07, 6.45) is 0. The number of hydrogen-bond acceptors (Lipinski definition) is 4. The average Bonchev–Trinajstić information content (AvgIpc) is 2.08. The van der Waals surface area contributed by atoms with E-state index >= 15 is 0 Å². The number of hydrogen-bond donors (Lipinski definition) is 2. The fraction of sp³-hybridized carbons (Fsp3) is 0.125. The van der Waals surface area contributed by atoms with E-state index in [-0.39, 0.29) is 16.9 Å². The van der Waals surface area contributed by atoms with Gasteiger partial charge in [0.25, 0.3) is 11.6 Å². The predicted octanol–water partition coefficient (Wildman–Crippen LogP) is 0.584.